The highest BCUT2D eigenvalue weighted by atomic mass is 15.1. The monoisotopic (exact) mass is 510 g/mol. The molecule has 0 amide bonds. The van der Waals surface area contributed by atoms with Crippen LogP contribution in [0, 0.1) is 0 Å². The van der Waals surface area contributed by atoms with E-state index in [0.717, 1.165) is 28.2 Å². The molecule has 5 heterocycles. The first-order valence-electron chi connectivity index (χ1n) is 13.5. The SMILES string of the molecule is c1ccc(-c2cccc(-n3c4ccccc4c4cc5c(cc43)c3ccccc3n3c4ccccc4cc53)n2)nc1. The molecule has 0 atom stereocenters. The van der Waals surface area contributed by atoms with Crippen molar-refractivity contribution >= 4 is 59.9 Å². The number of nitrogens with zero attached hydrogens (tertiary/aromatic N) is 4. The van der Waals surface area contributed by atoms with Gasteiger partial charge in [-0.2, -0.15) is 0 Å². The van der Waals surface area contributed by atoms with E-state index in [-0.39, 0.29) is 0 Å². The Morgan fingerprint density at radius 3 is 1.98 bits per heavy atom. The molecule has 9 aromatic rings. The van der Waals surface area contributed by atoms with Gasteiger partial charge in [-0.05, 0) is 66.0 Å². The quantitative estimate of drug-likeness (QED) is 0.218. The van der Waals surface area contributed by atoms with Gasteiger partial charge in [0.05, 0.1) is 39.0 Å². The standard InChI is InChI=1S/C36H22N4/c1-4-15-31-23(10-1)20-34-28-21-27-25-12-3-6-17-33(25)40(36-18-9-14-30(38-36)29-13-7-8-19-37-29)35(27)22-26(28)24-11-2-5-16-32(24)39(31)34/h1-22H. The van der Waals surface area contributed by atoms with Crippen molar-refractivity contribution in [2.75, 3.05) is 0 Å². The Morgan fingerprint density at radius 1 is 0.425 bits per heavy atom. The number of aromatic nitrogens is 4. The van der Waals surface area contributed by atoms with Gasteiger partial charge < -0.3 is 4.40 Å². The summed E-state index contributed by atoms with van der Waals surface area (Å²) in [7, 11) is 0. The molecule has 0 aliphatic heterocycles. The Morgan fingerprint density at radius 2 is 1.12 bits per heavy atom. The molecule has 9 rings (SSSR count). The molecule has 0 N–H and O–H groups in total. The van der Waals surface area contributed by atoms with E-state index in [4.69, 9.17) is 4.98 Å². The fraction of sp³-hybridized carbons (Fsp3) is 0. The second-order valence-corrected chi connectivity index (χ2v) is 10.3. The Hall–Kier alpha value is -5.48. The first kappa shape index (κ1) is 21.5. The molecular formula is C36H22N4. The van der Waals surface area contributed by atoms with Gasteiger partial charge in [-0.3, -0.25) is 9.55 Å². The zero-order valence-electron chi connectivity index (χ0n) is 21.5. The number of hydrogen-bond donors (Lipinski definition) is 0. The van der Waals surface area contributed by atoms with Crippen LogP contribution in [0.5, 0.6) is 0 Å². The van der Waals surface area contributed by atoms with Gasteiger partial charge in [-0.15, -0.1) is 0 Å². The molecule has 0 bridgehead atoms. The van der Waals surface area contributed by atoms with E-state index < -0.39 is 0 Å². The van der Waals surface area contributed by atoms with E-state index in [0.29, 0.717) is 0 Å². The van der Waals surface area contributed by atoms with E-state index >= 15 is 0 Å². The summed E-state index contributed by atoms with van der Waals surface area (Å²) in [5.74, 6) is 0.882. The molecule has 0 saturated heterocycles. The van der Waals surface area contributed by atoms with Crippen LogP contribution in [-0.4, -0.2) is 18.9 Å². The smallest absolute Gasteiger partial charge is 0.138 e. The number of benzene rings is 4. The van der Waals surface area contributed by atoms with Gasteiger partial charge in [0, 0.05) is 33.1 Å². The van der Waals surface area contributed by atoms with Crippen LogP contribution in [0.25, 0.3) is 77.1 Å². The molecule has 0 aliphatic carbocycles. The maximum absolute atomic E-state index is 5.10. The lowest BCUT2D eigenvalue weighted by molar-refractivity contribution is 1.08. The summed E-state index contributed by atoms with van der Waals surface area (Å²) in [5, 5.41) is 7.41. The van der Waals surface area contributed by atoms with Crippen molar-refractivity contribution < 1.29 is 0 Å². The summed E-state index contributed by atoms with van der Waals surface area (Å²) >= 11 is 0. The Labute approximate surface area is 229 Å². The first-order valence-corrected chi connectivity index (χ1v) is 13.5. The average Bonchev–Trinajstić information content (AvgIpc) is 3.57. The minimum atomic E-state index is 0.858. The first-order chi connectivity index (χ1) is 19.8. The molecule has 5 aromatic heterocycles. The molecule has 4 nitrogen and oxygen atoms in total. The lowest BCUT2D eigenvalue weighted by Gasteiger charge is -2.12. The van der Waals surface area contributed by atoms with Crippen molar-refractivity contribution in [1.29, 1.82) is 0 Å². The Balaban J connectivity index is 1.45. The van der Waals surface area contributed by atoms with Crippen LogP contribution in [0.3, 0.4) is 0 Å². The fourth-order valence-electron chi connectivity index (χ4n) is 6.41. The van der Waals surface area contributed by atoms with E-state index in [9.17, 15) is 0 Å². The zero-order valence-corrected chi connectivity index (χ0v) is 21.5. The maximum Gasteiger partial charge on any atom is 0.138 e. The highest BCUT2D eigenvalue weighted by Gasteiger charge is 2.18. The van der Waals surface area contributed by atoms with Crippen LogP contribution in [0.1, 0.15) is 0 Å². The van der Waals surface area contributed by atoms with Crippen LogP contribution < -0.4 is 0 Å². The van der Waals surface area contributed by atoms with Crippen molar-refractivity contribution in [3.63, 3.8) is 0 Å². The second-order valence-electron chi connectivity index (χ2n) is 10.3. The highest BCUT2D eigenvalue weighted by molar-refractivity contribution is 6.22. The molecule has 4 heteroatoms. The molecule has 0 unspecified atom stereocenters. The van der Waals surface area contributed by atoms with Gasteiger partial charge in [0.1, 0.15) is 5.82 Å². The van der Waals surface area contributed by atoms with Gasteiger partial charge in [0.15, 0.2) is 0 Å². The number of para-hydroxylation sites is 3. The molecule has 0 spiro atoms. The Kier molecular flexibility index (Phi) is 4.30. The van der Waals surface area contributed by atoms with Gasteiger partial charge in [0.25, 0.3) is 0 Å². The topological polar surface area (TPSA) is 35.1 Å². The number of pyridine rings is 3. The van der Waals surface area contributed by atoms with Crippen molar-refractivity contribution in [1.82, 2.24) is 18.9 Å². The zero-order chi connectivity index (χ0) is 26.2. The second kappa shape index (κ2) is 8.01. The van der Waals surface area contributed by atoms with Crippen LogP contribution in [0.4, 0.5) is 0 Å². The van der Waals surface area contributed by atoms with E-state index in [1.165, 1.54) is 48.9 Å². The minimum absolute atomic E-state index is 0.858. The van der Waals surface area contributed by atoms with Crippen molar-refractivity contribution in [2.45, 2.75) is 0 Å². The predicted octanol–water partition coefficient (Wildman–Crippen LogP) is 8.95. The third-order valence-corrected chi connectivity index (χ3v) is 8.12. The normalized spacial score (nSPS) is 12.0. The van der Waals surface area contributed by atoms with E-state index in [2.05, 4.69) is 117 Å². The largest absolute Gasteiger partial charge is 0.309 e. The van der Waals surface area contributed by atoms with Gasteiger partial charge in [-0.25, -0.2) is 4.98 Å². The molecular weight excluding hydrogens is 488 g/mol. The average molecular weight is 511 g/mol. The molecule has 0 radical (unpaired) electrons. The molecule has 0 aliphatic rings. The van der Waals surface area contributed by atoms with Crippen molar-refractivity contribution in [2.24, 2.45) is 0 Å². The molecule has 0 fully saturated rings. The summed E-state index contributed by atoms with van der Waals surface area (Å²) < 4.78 is 4.71. The molecule has 0 saturated carbocycles. The summed E-state index contributed by atoms with van der Waals surface area (Å²) in [5.41, 5.74) is 7.67. The fourth-order valence-corrected chi connectivity index (χ4v) is 6.41. The van der Waals surface area contributed by atoms with E-state index in [1.807, 2.05) is 30.5 Å². The molecule has 4 aromatic carbocycles. The van der Waals surface area contributed by atoms with Crippen LogP contribution in [0.15, 0.2) is 134 Å². The van der Waals surface area contributed by atoms with Crippen molar-refractivity contribution in [3.8, 4) is 17.2 Å². The Bertz CT molecular complexity index is 2430. The maximum atomic E-state index is 5.10. The van der Waals surface area contributed by atoms with Gasteiger partial charge >= 0.3 is 0 Å². The van der Waals surface area contributed by atoms with E-state index in [1.54, 1.807) is 0 Å². The lowest BCUT2D eigenvalue weighted by Crippen LogP contribution is -1.99. The summed E-state index contributed by atoms with van der Waals surface area (Å²) in [6.45, 7) is 0. The predicted molar refractivity (Wildman–Crippen MR) is 165 cm³/mol. The van der Waals surface area contributed by atoms with Crippen LogP contribution >= 0.6 is 0 Å². The molecule has 186 valence electrons. The number of fused-ring (bicyclic) bond motifs is 11. The van der Waals surface area contributed by atoms with Crippen LogP contribution in [0.2, 0.25) is 0 Å². The third kappa shape index (κ3) is 2.90. The highest BCUT2D eigenvalue weighted by Crippen LogP contribution is 2.40. The third-order valence-electron chi connectivity index (χ3n) is 8.12. The summed E-state index contributed by atoms with van der Waals surface area (Å²) in [6, 6.07) is 45.2. The number of hydrogen-bond acceptors (Lipinski definition) is 2. The molecule has 40 heavy (non-hydrogen) atoms. The van der Waals surface area contributed by atoms with Gasteiger partial charge in [0.2, 0.25) is 0 Å². The summed E-state index contributed by atoms with van der Waals surface area (Å²) in [4.78, 5) is 9.65. The van der Waals surface area contributed by atoms with Gasteiger partial charge in [-0.1, -0.05) is 66.7 Å². The van der Waals surface area contributed by atoms with Crippen LogP contribution in [-0.2, 0) is 0 Å². The lowest BCUT2D eigenvalue weighted by atomic mass is 10.0. The minimum Gasteiger partial charge on any atom is -0.309 e. The number of rotatable bonds is 2. The van der Waals surface area contributed by atoms with Crippen molar-refractivity contribution in [3.05, 3.63) is 134 Å². The summed E-state index contributed by atoms with van der Waals surface area (Å²) in [6.07, 6.45) is 1.81.